The topological polar surface area (TPSA) is 73.1 Å². The van der Waals surface area contributed by atoms with Crippen molar-refractivity contribution >= 4 is 17.6 Å². The Labute approximate surface area is 116 Å². The number of thioether (sulfide) groups is 1. The number of nitrogens with zero attached hydrogens (tertiary/aromatic N) is 2. The van der Waals surface area contributed by atoms with Crippen LogP contribution in [0.15, 0.2) is 35.6 Å². The summed E-state index contributed by atoms with van der Waals surface area (Å²) in [4.78, 5) is 8.24. The van der Waals surface area contributed by atoms with Crippen molar-refractivity contribution in [3.63, 3.8) is 0 Å². The Bertz CT molecular complexity index is 562. The minimum atomic E-state index is 0.490. The SMILES string of the molecule is COc1c(NN)ncnc1SCc1cccc(C)c1. The monoisotopic (exact) mass is 276 g/mol. The molecular weight excluding hydrogens is 260 g/mol. The third kappa shape index (κ3) is 3.36. The zero-order chi connectivity index (χ0) is 13.7. The first-order valence-electron chi connectivity index (χ1n) is 5.78. The number of aryl methyl sites for hydroxylation is 1. The van der Waals surface area contributed by atoms with E-state index < -0.39 is 0 Å². The fraction of sp³-hybridized carbons (Fsp3) is 0.231. The molecule has 100 valence electrons. The Morgan fingerprint density at radius 1 is 1.37 bits per heavy atom. The van der Waals surface area contributed by atoms with E-state index in [-0.39, 0.29) is 0 Å². The lowest BCUT2D eigenvalue weighted by Crippen LogP contribution is -2.10. The van der Waals surface area contributed by atoms with Crippen molar-refractivity contribution in [2.45, 2.75) is 17.7 Å². The van der Waals surface area contributed by atoms with Crippen molar-refractivity contribution in [3.05, 3.63) is 41.7 Å². The molecule has 0 spiro atoms. The number of nitrogens with two attached hydrogens (primary N) is 1. The Kier molecular flexibility index (Phi) is 4.59. The smallest absolute Gasteiger partial charge is 0.195 e. The van der Waals surface area contributed by atoms with Gasteiger partial charge in [0.2, 0.25) is 0 Å². The third-order valence-corrected chi connectivity index (χ3v) is 3.61. The molecule has 6 heteroatoms. The molecule has 2 aromatic rings. The first-order valence-corrected chi connectivity index (χ1v) is 6.77. The molecule has 5 nitrogen and oxygen atoms in total. The van der Waals surface area contributed by atoms with Gasteiger partial charge in [-0.2, -0.15) is 0 Å². The van der Waals surface area contributed by atoms with E-state index in [1.807, 2.05) is 0 Å². The van der Waals surface area contributed by atoms with E-state index in [1.165, 1.54) is 17.5 Å². The second-order valence-corrected chi connectivity index (χ2v) is 4.95. The van der Waals surface area contributed by atoms with E-state index >= 15 is 0 Å². The fourth-order valence-corrected chi connectivity index (χ4v) is 2.62. The van der Waals surface area contributed by atoms with Crippen LogP contribution in [0.2, 0.25) is 0 Å². The summed E-state index contributed by atoms with van der Waals surface area (Å²) in [5, 5.41) is 0.770. The lowest BCUT2D eigenvalue weighted by molar-refractivity contribution is 0.400. The number of hydrogen-bond acceptors (Lipinski definition) is 6. The Hall–Kier alpha value is -1.79. The molecule has 1 aromatic carbocycles. The Balaban J connectivity index is 2.15. The highest BCUT2D eigenvalue weighted by Crippen LogP contribution is 2.33. The molecule has 2 rings (SSSR count). The summed E-state index contributed by atoms with van der Waals surface area (Å²) in [6.07, 6.45) is 1.47. The number of hydrogen-bond donors (Lipinski definition) is 2. The molecule has 1 aromatic heterocycles. The lowest BCUT2D eigenvalue weighted by Gasteiger charge is -2.10. The molecule has 1 heterocycles. The number of anilines is 1. The maximum atomic E-state index is 5.39. The van der Waals surface area contributed by atoms with Gasteiger partial charge in [-0.05, 0) is 12.5 Å². The van der Waals surface area contributed by atoms with Crippen LogP contribution >= 0.6 is 11.8 Å². The van der Waals surface area contributed by atoms with Crippen molar-refractivity contribution in [1.29, 1.82) is 0 Å². The molecule has 0 radical (unpaired) electrons. The number of benzene rings is 1. The molecule has 0 saturated carbocycles. The molecule has 3 N–H and O–H groups in total. The zero-order valence-corrected chi connectivity index (χ0v) is 11.7. The lowest BCUT2D eigenvalue weighted by atomic mass is 10.2. The summed E-state index contributed by atoms with van der Waals surface area (Å²) in [6.45, 7) is 2.08. The van der Waals surface area contributed by atoms with Crippen LogP contribution in [0.1, 0.15) is 11.1 Å². The molecule has 0 aliphatic heterocycles. The Morgan fingerprint density at radius 2 is 2.21 bits per heavy atom. The van der Waals surface area contributed by atoms with Crippen molar-refractivity contribution < 1.29 is 4.74 Å². The van der Waals surface area contributed by atoms with Gasteiger partial charge in [-0.3, -0.25) is 0 Å². The highest BCUT2D eigenvalue weighted by Gasteiger charge is 2.11. The maximum absolute atomic E-state index is 5.39. The summed E-state index contributed by atoms with van der Waals surface area (Å²) < 4.78 is 5.29. The van der Waals surface area contributed by atoms with Crippen LogP contribution in [-0.4, -0.2) is 17.1 Å². The molecule has 0 unspecified atom stereocenters. The quantitative estimate of drug-likeness (QED) is 0.378. The summed E-state index contributed by atoms with van der Waals surface area (Å²) in [5.41, 5.74) is 5.00. The van der Waals surface area contributed by atoms with Gasteiger partial charge in [-0.15, -0.1) is 0 Å². The molecule has 0 bridgehead atoms. The molecule has 0 amide bonds. The van der Waals surface area contributed by atoms with Crippen LogP contribution in [-0.2, 0) is 5.75 Å². The maximum Gasteiger partial charge on any atom is 0.195 e. The zero-order valence-electron chi connectivity index (χ0n) is 10.9. The summed E-state index contributed by atoms with van der Waals surface area (Å²) in [6, 6.07) is 8.38. The van der Waals surface area contributed by atoms with Crippen LogP contribution in [0.5, 0.6) is 5.75 Å². The second kappa shape index (κ2) is 6.40. The minimum absolute atomic E-state index is 0.490. The summed E-state index contributed by atoms with van der Waals surface area (Å²) in [7, 11) is 1.58. The number of nitrogen functional groups attached to an aromatic ring is 1. The summed E-state index contributed by atoms with van der Waals surface area (Å²) in [5.74, 6) is 7.27. The van der Waals surface area contributed by atoms with Gasteiger partial charge in [0, 0.05) is 5.75 Å². The van der Waals surface area contributed by atoms with Gasteiger partial charge >= 0.3 is 0 Å². The van der Waals surface area contributed by atoms with Gasteiger partial charge in [-0.25, -0.2) is 15.8 Å². The molecule has 0 aliphatic rings. The number of methoxy groups -OCH3 is 1. The van der Waals surface area contributed by atoms with Crippen molar-refractivity contribution in [2.24, 2.45) is 5.84 Å². The van der Waals surface area contributed by atoms with Crippen LogP contribution in [0.3, 0.4) is 0 Å². The molecule has 0 fully saturated rings. The van der Waals surface area contributed by atoms with E-state index in [9.17, 15) is 0 Å². The van der Waals surface area contributed by atoms with Crippen molar-refractivity contribution in [1.82, 2.24) is 9.97 Å². The number of rotatable bonds is 5. The van der Waals surface area contributed by atoms with Gasteiger partial charge in [-0.1, -0.05) is 41.6 Å². The van der Waals surface area contributed by atoms with E-state index in [0.29, 0.717) is 11.6 Å². The molecule has 0 aliphatic carbocycles. The van der Waals surface area contributed by atoms with Gasteiger partial charge in [0.1, 0.15) is 11.4 Å². The average Bonchev–Trinajstić information content (AvgIpc) is 2.44. The number of hydrazine groups is 1. The normalized spacial score (nSPS) is 10.3. The minimum Gasteiger partial charge on any atom is -0.490 e. The fourth-order valence-electron chi connectivity index (χ4n) is 1.70. The van der Waals surface area contributed by atoms with Crippen LogP contribution in [0, 0.1) is 6.92 Å². The molecule has 0 atom stereocenters. The van der Waals surface area contributed by atoms with Gasteiger partial charge < -0.3 is 10.2 Å². The van der Waals surface area contributed by atoms with E-state index in [2.05, 4.69) is 46.6 Å². The van der Waals surface area contributed by atoms with Gasteiger partial charge in [0.25, 0.3) is 0 Å². The van der Waals surface area contributed by atoms with Crippen LogP contribution in [0.4, 0.5) is 5.82 Å². The van der Waals surface area contributed by atoms with Crippen molar-refractivity contribution in [2.75, 3.05) is 12.5 Å². The average molecular weight is 276 g/mol. The largest absolute Gasteiger partial charge is 0.490 e. The van der Waals surface area contributed by atoms with E-state index in [4.69, 9.17) is 10.6 Å². The third-order valence-electron chi connectivity index (χ3n) is 2.57. The number of aromatic nitrogens is 2. The standard InChI is InChI=1S/C13H16N4OS/c1-9-4-3-5-10(6-9)7-19-13-11(18-2)12(17-14)15-8-16-13/h3-6,8H,7,14H2,1-2H3,(H,15,16,17). The van der Waals surface area contributed by atoms with E-state index in [0.717, 1.165) is 10.8 Å². The highest BCUT2D eigenvalue weighted by molar-refractivity contribution is 7.98. The first-order chi connectivity index (χ1) is 9.24. The Morgan fingerprint density at radius 3 is 2.89 bits per heavy atom. The first kappa shape index (κ1) is 13.6. The number of ether oxygens (including phenoxy) is 1. The highest BCUT2D eigenvalue weighted by atomic mass is 32.2. The molecular formula is C13H16N4OS. The molecule has 19 heavy (non-hydrogen) atoms. The van der Waals surface area contributed by atoms with Gasteiger partial charge in [0.15, 0.2) is 11.6 Å². The van der Waals surface area contributed by atoms with E-state index in [1.54, 1.807) is 18.9 Å². The van der Waals surface area contributed by atoms with Gasteiger partial charge in [0.05, 0.1) is 7.11 Å². The number of nitrogens with one attached hydrogen (secondary N) is 1. The molecule has 0 saturated heterocycles. The predicted octanol–water partition coefficient (Wildman–Crippen LogP) is 2.37. The van der Waals surface area contributed by atoms with Crippen LogP contribution in [0.25, 0.3) is 0 Å². The predicted molar refractivity (Wildman–Crippen MR) is 77.1 cm³/mol. The second-order valence-electron chi connectivity index (χ2n) is 3.98. The van der Waals surface area contributed by atoms with Crippen LogP contribution < -0.4 is 16.0 Å². The summed E-state index contributed by atoms with van der Waals surface area (Å²) >= 11 is 1.59. The van der Waals surface area contributed by atoms with Crippen molar-refractivity contribution in [3.8, 4) is 5.75 Å².